The van der Waals surface area contributed by atoms with E-state index in [-0.39, 0.29) is 29.5 Å². The predicted molar refractivity (Wildman–Crippen MR) is 107 cm³/mol. The van der Waals surface area contributed by atoms with Crippen molar-refractivity contribution in [3.63, 3.8) is 0 Å². The zero-order valence-electron chi connectivity index (χ0n) is 15.7. The van der Waals surface area contributed by atoms with Crippen LogP contribution in [0.25, 0.3) is 0 Å². The molecule has 1 N–H and O–H groups in total. The van der Waals surface area contributed by atoms with E-state index in [4.69, 9.17) is 0 Å². The number of amides is 2. The van der Waals surface area contributed by atoms with Gasteiger partial charge in [-0.2, -0.15) is 0 Å². The van der Waals surface area contributed by atoms with E-state index in [1.54, 1.807) is 17.0 Å². The fourth-order valence-electron chi connectivity index (χ4n) is 4.06. The SMILES string of the molecule is O=C(NCc1ccccc1)C(c1ccc([N+](=O)[O-])cc1)N1C(=O)[C@@H]2CC=CC[C@@H]21. The number of nitrogens with one attached hydrogen (secondary N) is 1. The number of carbonyl (C=O) groups excluding carboxylic acids is 2. The van der Waals surface area contributed by atoms with Gasteiger partial charge in [0.1, 0.15) is 6.04 Å². The molecular weight excluding hydrogens is 370 g/mol. The lowest BCUT2D eigenvalue weighted by Gasteiger charge is -2.51. The minimum Gasteiger partial charge on any atom is -0.350 e. The lowest BCUT2D eigenvalue weighted by Crippen LogP contribution is -2.64. The van der Waals surface area contributed by atoms with Crippen LogP contribution in [0.3, 0.4) is 0 Å². The summed E-state index contributed by atoms with van der Waals surface area (Å²) in [6.07, 6.45) is 5.45. The zero-order chi connectivity index (χ0) is 20.4. The smallest absolute Gasteiger partial charge is 0.269 e. The summed E-state index contributed by atoms with van der Waals surface area (Å²) in [5.41, 5.74) is 1.48. The second-order valence-electron chi connectivity index (χ2n) is 7.32. The molecule has 29 heavy (non-hydrogen) atoms. The number of hydrogen-bond donors (Lipinski definition) is 1. The number of nitrogens with zero attached hydrogens (tertiary/aromatic N) is 2. The third kappa shape index (κ3) is 3.63. The Morgan fingerprint density at radius 1 is 1.10 bits per heavy atom. The lowest BCUT2D eigenvalue weighted by atomic mass is 9.77. The van der Waals surface area contributed by atoms with Gasteiger partial charge in [-0.25, -0.2) is 0 Å². The number of hydrogen-bond acceptors (Lipinski definition) is 4. The molecule has 0 radical (unpaired) electrons. The number of non-ortho nitro benzene ring substituents is 1. The highest BCUT2D eigenvalue weighted by Crippen LogP contribution is 2.41. The largest absolute Gasteiger partial charge is 0.350 e. The van der Waals surface area contributed by atoms with E-state index in [1.807, 2.05) is 42.5 Å². The molecule has 7 nitrogen and oxygen atoms in total. The van der Waals surface area contributed by atoms with Crippen molar-refractivity contribution in [1.82, 2.24) is 10.2 Å². The Bertz CT molecular complexity index is 956. The molecule has 148 valence electrons. The van der Waals surface area contributed by atoms with Gasteiger partial charge in [-0.15, -0.1) is 0 Å². The van der Waals surface area contributed by atoms with Crippen molar-refractivity contribution in [2.45, 2.75) is 31.5 Å². The number of nitro groups is 1. The van der Waals surface area contributed by atoms with Gasteiger partial charge in [0.25, 0.3) is 5.69 Å². The molecular formula is C22H21N3O4. The first-order valence-corrected chi connectivity index (χ1v) is 9.59. The van der Waals surface area contributed by atoms with Crippen LogP contribution in [-0.2, 0) is 16.1 Å². The van der Waals surface area contributed by atoms with Gasteiger partial charge >= 0.3 is 0 Å². The quantitative estimate of drug-likeness (QED) is 0.354. The monoisotopic (exact) mass is 391 g/mol. The third-order valence-corrected chi connectivity index (χ3v) is 5.58. The predicted octanol–water partition coefficient (Wildman–Crippen LogP) is 3.13. The van der Waals surface area contributed by atoms with Crippen LogP contribution in [0.15, 0.2) is 66.7 Å². The number of β-lactam (4-membered cyclic amide) rings is 1. The summed E-state index contributed by atoms with van der Waals surface area (Å²) >= 11 is 0. The van der Waals surface area contributed by atoms with E-state index in [0.29, 0.717) is 24.9 Å². The van der Waals surface area contributed by atoms with E-state index >= 15 is 0 Å². The molecule has 2 aliphatic rings. The van der Waals surface area contributed by atoms with Crippen molar-refractivity contribution in [2.75, 3.05) is 0 Å². The second kappa shape index (κ2) is 7.87. The van der Waals surface area contributed by atoms with Gasteiger partial charge in [0.2, 0.25) is 11.8 Å². The van der Waals surface area contributed by atoms with Crippen LogP contribution in [0.5, 0.6) is 0 Å². The summed E-state index contributed by atoms with van der Waals surface area (Å²) < 4.78 is 0. The van der Waals surface area contributed by atoms with Crippen molar-refractivity contribution in [1.29, 1.82) is 0 Å². The highest BCUT2D eigenvalue weighted by molar-refractivity contribution is 5.94. The number of allylic oxidation sites excluding steroid dienone is 1. The molecule has 7 heteroatoms. The highest BCUT2D eigenvalue weighted by atomic mass is 16.6. The third-order valence-electron chi connectivity index (χ3n) is 5.58. The van der Waals surface area contributed by atoms with E-state index in [9.17, 15) is 19.7 Å². The summed E-state index contributed by atoms with van der Waals surface area (Å²) in [7, 11) is 0. The molecule has 0 aromatic heterocycles. The number of likely N-dealkylation sites (tertiary alicyclic amines) is 1. The Hall–Kier alpha value is -3.48. The molecule has 2 aromatic rings. The standard InChI is InChI=1S/C22H21N3O4/c26-21(23-14-15-6-2-1-3-7-15)20(16-10-12-17(13-11-16)25(28)29)24-19-9-5-4-8-18(19)22(24)27/h1-7,10-13,18-20H,8-9,14H2,(H,23,26)/t18-,19+,20?/m1/s1. The van der Waals surface area contributed by atoms with Gasteiger partial charge in [-0.05, 0) is 36.1 Å². The molecule has 0 saturated carbocycles. The first-order chi connectivity index (χ1) is 14.1. The van der Waals surface area contributed by atoms with Crippen LogP contribution in [-0.4, -0.2) is 27.7 Å². The van der Waals surface area contributed by atoms with Gasteiger partial charge in [-0.3, -0.25) is 19.7 Å². The Balaban J connectivity index is 1.60. The summed E-state index contributed by atoms with van der Waals surface area (Å²) in [5, 5.41) is 13.9. The molecule has 0 spiro atoms. The zero-order valence-corrected chi connectivity index (χ0v) is 15.7. The summed E-state index contributed by atoms with van der Waals surface area (Å²) in [6.45, 7) is 0.346. The van der Waals surface area contributed by atoms with Crippen molar-refractivity contribution in [2.24, 2.45) is 5.92 Å². The second-order valence-corrected chi connectivity index (χ2v) is 7.32. The first-order valence-electron chi connectivity index (χ1n) is 9.59. The van der Waals surface area contributed by atoms with Gasteiger partial charge in [-0.1, -0.05) is 42.5 Å². The average molecular weight is 391 g/mol. The molecule has 1 saturated heterocycles. The van der Waals surface area contributed by atoms with Crippen LogP contribution in [0.4, 0.5) is 5.69 Å². The molecule has 1 heterocycles. The van der Waals surface area contributed by atoms with Crippen molar-refractivity contribution in [3.8, 4) is 0 Å². The fraction of sp³-hybridized carbons (Fsp3) is 0.273. The molecule has 2 amide bonds. The summed E-state index contributed by atoms with van der Waals surface area (Å²) in [4.78, 5) is 38.0. The van der Waals surface area contributed by atoms with E-state index < -0.39 is 11.0 Å². The Morgan fingerprint density at radius 3 is 2.48 bits per heavy atom. The van der Waals surface area contributed by atoms with Crippen LogP contribution in [0.2, 0.25) is 0 Å². The number of nitro benzene ring substituents is 1. The number of benzene rings is 2. The van der Waals surface area contributed by atoms with Crippen LogP contribution >= 0.6 is 0 Å². The highest BCUT2D eigenvalue weighted by Gasteiger charge is 2.51. The fourth-order valence-corrected chi connectivity index (χ4v) is 4.06. The first kappa shape index (κ1) is 18.9. The van der Waals surface area contributed by atoms with Gasteiger partial charge < -0.3 is 10.2 Å². The van der Waals surface area contributed by atoms with Gasteiger partial charge in [0.15, 0.2) is 0 Å². The number of carbonyl (C=O) groups is 2. The van der Waals surface area contributed by atoms with E-state index in [0.717, 1.165) is 5.56 Å². The van der Waals surface area contributed by atoms with Crippen molar-refractivity contribution >= 4 is 17.5 Å². The molecule has 0 bridgehead atoms. The maximum Gasteiger partial charge on any atom is 0.269 e. The minimum absolute atomic E-state index is 0.0184. The Labute approximate surface area is 168 Å². The molecule has 1 unspecified atom stereocenters. The maximum absolute atomic E-state index is 13.1. The Morgan fingerprint density at radius 2 is 1.79 bits per heavy atom. The van der Waals surface area contributed by atoms with Crippen molar-refractivity contribution < 1.29 is 14.5 Å². The van der Waals surface area contributed by atoms with Crippen molar-refractivity contribution in [3.05, 3.63) is 88.0 Å². The molecule has 1 aliphatic heterocycles. The number of fused-ring (bicyclic) bond motifs is 1. The summed E-state index contributed by atoms with van der Waals surface area (Å²) in [6, 6.07) is 14.6. The topological polar surface area (TPSA) is 92.5 Å². The molecule has 3 atom stereocenters. The van der Waals surface area contributed by atoms with E-state index in [2.05, 4.69) is 5.32 Å². The molecule has 1 aliphatic carbocycles. The van der Waals surface area contributed by atoms with Crippen LogP contribution < -0.4 is 5.32 Å². The van der Waals surface area contributed by atoms with E-state index in [1.165, 1.54) is 12.1 Å². The molecule has 4 rings (SSSR count). The maximum atomic E-state index is 13.1. The average Bonchev–Trinajstić information content (AvgIpc) is 2.76. The minimum atomic E-state index is -0.806. The van der Waals surface area contributed by atoms with Gasteiger partial charge in [0.05, 0.1) is 10.8 Å². The van der Waals surface area contributed by atoms with Crippen LogP contribution in [0.1, 0.15) is 30.0 Å². The van der Waals surface area contributed by atoms with Crippen LogP contribution in [0, 0.1) is 16.0 Å². The lowest BCUT2D eigenvalue weighted by molar-refractivity contribution is -0.384. The number of rotatable bonds is 6. The Kier molecular flexibility index (Phi) is 5.12. The normalized spacial score (nSPS) is 21.1. The summed E-state index contributed by atoms with van der Waals surface area (Å²) in [5.74, 6) is -0.413. The molecule has 1 fully saturated rings. The molecule has 2 aromatic carbocycles. The van der Waals surface area contributed by atoms with Gasteiger partial charge in [0, 0.05) is 24.7 Å².